The van der Waals surface area contributed by atoms with Crippen molar-refractivity contribution in [3.63, 3.8) is 0 Å². The molecule has 0 radical (unpaired) electrons. The van der Waals surface area contributed by atoms with Crippen LogP contribution >= 0.6 is 11.8 Å². The molecule has 3 rings (SSSR count). The minimum Gasteiger partial charge on any atom is -0.461 e. The zero-order valence-corrected chi connectivity index (χ0v) is 13.6. The third-order valence-corrected chi connectivity index (χ3v) is 4.28. The van der Waals surface area contributed by atoms with Gasteiger partial charge in [-0.3, -0.25) is 9.36 Å². The van der Waals surface area contributed by atoms with Crippen molar-refractivity contribution in [2.24, 2.45) is 5.73 Å². The van der Waals surface area contributed by atoms with E-state index in [2.05, 4.69) is 16.3 Å². The lowest BCUT2D eigenvalue weighted by molar-refractivity contribution is -0.115. The van der Waals surface area contributed by atoms with Gasteiger partial charge in [0.2, 0.25) is 11.7 Å². The van der Waals surface area contributed by atoms with E-state index in [0.29, 0.717) is 16.7 Å². The summed E-state index contributed by atoms with van der Waals surface area (Å²) in [6.07, 6.45) is 1.59. The van der Waals surface area contributed by atoms with E-state index in [1.165, 1.54) is 11.8 Å². The van der Waals surface area contributed by atoms with Crippen molar-refractivity contribution in [3.8, 4) is 17.3 Å². The number of hydrogen-bond donors (Lipinski definition) is 1. The molecule has 0 fully saturated rings. The van der Waals surface area contributed by atoms with E-state index in [0.717, 1.165) is 16.8 Å². The van der Waals surface area contributed by atoms with E-state index in [9.17, 15) is 4.79 Å². The van der Waals surface area contributed by atoms with E-state index in [4.69, 9.17) is 10.2 Å². The molecule has 1 aromatic carbocycles. The number of aromatic nitrogens is 3. The number of carbonyl (C=O) groups is 1. The highest BCUT2D eigenvalue weighted by molar-refractivity contribution is 7.99. The summed E-state index contributed by atoms with van der Waals surface area (Å²) in [6, 6.07) is 9.77. The van der Waals surface area contributed by atoms with Crippen molar-refractivity contribution in [2.75, 3.05) is 5.75 Å². The highest BCUT2D eigenvalue weighted by Crippen LogP contribution is 2.30. The van der Waals surface area contributed by atoms with Gasteiger partial charge in [-0.25, -0.2) is 0 Å². The van der Waals surface area contributed by atoms with Crippen LogP contribution in [0.3, 0.4) is 0 Å². The lowest BCUT2D eigenvalue weighted by atomic mass is 10.1. The smallest absolute Gasteiger partial charge is 0.227 e. The van der Waals surface area contributed by atoms with Gasteiger partial charge in [-0.05, 0) is 43.2 Å². The Hall–Kier alpha value is -2.54. The number of amides is 1. The van der Waals surface area contributed by atoms with Crippen LogP contribution in [0, 0.1) is 13.8 Å². The minimum absolute atomic E-state index is 0.140. The van der Waals surface area contributed by atoms with Crippen LogP contribution in [0.1, 0.15) is 11.1 Å². The number of carbonyl (C=O) groups excluding carboxylic acids is 1. The highest BCUT2D eigenvalue weighted by atomic mass is 32.2. The fourth-order valence-corrected chi connectivity index (χ4v) is 2.93. The second-order valence-electron chi connectivity index (χ2n) is 5.16. The minimum atomic E-state index is -0.398. The zero-order chi connectivity index (χ0) is 16.4. The van der Waals surface area contributed by atoms with Crippen LogP contribution in [0.5, 0.6) is 0 Å². The standard InChI is InChI=1S/C16H16N4O2S/c1-10-5-6-11(2)12(8-10)20-15(13-4-3-7-22-13)18-19-16(20)23-9-14(17)21/h3-8H,9H2,1-2H3,(H2,17,21). The average Bonchev–Trinajstić information content (AvgIpc) is 3.16. The molecule has 0 saturated heterocycles. The monoisotopic (exact) mass is 328 g/mol. The first-order chi connectivity index (χ1) is 11.1. The summed E-state index contributed by atoms with van der Waals surface area (Å²) in [5, 5.41) is 9.03. The van der Waals surface area contributed by atoms with Crippen molar-refractivity contribution in [1.82, 2.24) is 14.8 Å². The number of furan rings is 1. The maximum Gasteiger partial charge on any atom is 0.227 e. The first-order valence-corrected chi connectivity index (χ1v) is 8.03. The van der Waals surface area contributed by atoms with Gasteiger partial charge in [-0.2, -0.15) is 0 Å². The number of aryl methyl sites for hydroxylation is 2. The molecule has 0 aliphatic rings. The van der Waals surface area contributed by atoms with Gasteiger partial charge in [0.15, 0.2) is 10.9 Å². The Kier molecular flexibility index (Phi) is 4.20. The third kappa shape index (κ3) is 3.14. The molecule has 0 unspecified atom stereocenters. The van der Waals surface area contributed by atoms with Crippen molar-refractivity contribution in [1.29, 1.82) is 0 Å². The number of nitrogens with two attached hydrogens (primary N) is 1. The van der Waals surface area contributed by atoms with Crippen molar-refractivity contribution >= 4 is 17.7 Å². The van der Waals surface area contributed by atoms with Gasteiger partial charge in [-0.15, -0.1) is 10.2 Å². The topological polar surface area (TPSA) is 86.9 Å². The lowest BCUT2D eigenvalue weighted by Gasteiger charge is -2.12. The quantitative estimate of drug-likeness (QED) is 0.728. The van der Waals surface area contributed by atoms with Gasteiger partial charge in [0.25, 0.3) is 0 Å². The molecule has 0 aliphatic carbocycles. The fourth-order valence-electron chi connectivity index (χ4n) is 2.24. The van der Waals surface area contributed by atoms with Crippen LogP contribution < -0.4 is 5.73 Å². The predicted molar refractivity (Wildman–Crippen MR) is 88.5 cm³/mol. The molecule has 2 aromatic heterocycles. The van der Waals surface area contributed by atoms with E-state index >= 15 is 0 Å². The maximum absolute atomic E-state index is 11.1. The fraction of sp³-hybridized carbons (Fsp3) is 0.188. The number of thioether (sulfide) groups is 1. The largest absolute Gasteiger partial charge is 0.461 e. The van der Waals surface area contributed by atoms with E-state index in [1.54, 1.807) is 12.3 Å². The molecule has 1 amide bonds. The zero-order valence-electron chi connectivity index (χ0n) is 12.8. The van der Waals surface area contributed by atoms with Crippen LogP contribution in [0.15, 0.2) is 46.2 Å². The molecule has 23 heavy (non-hydrogen) atoms. The van der Waals surface area contributed by atoms with Gasteiger partial charge in [0.05, 0.1) is 17.7 Å². The highest BCUT2D eigenvalue weighted by Gasteiger charge is 2.19. The van der Waals surface area contributed by atoms with Gasteiger partial charge in [0.1, 0.15) is 0 Å². The molecule has 2 N–H and O–H groups in total. The van der Waals surface area contributed by atoms with Crippen molar-refractivity contribution in [3.05, 3.63) is 47.7 Å². The summed E-state index contributed by atoms with van der Waals surface area (Å²) in [7, 11) is 0. The molecule has 0 saturated carbocycles. The molecule has 3 aromatic rings. The SMILES string of the molecule is Cc1ccc(C)c(-n2c(SCC(N)=O)nnc2-c2ccco2)c1. The number of nitrogens with zero attached hydrogens (tertiary/aromatic N) is 3. The molecule has 0 spiro atoms. The summed E-state index contributed by atoms with van der Waals surface area (Å²) in [6.45, 7) is 4.04. The van der Waals surface area contributed by atoms with Gasteiger partial charge in [0, 0.05) is 0 Å². The first-order valence-electron chi connectivity index (χ1n) is 7.04. The van der Waals surface area contributed by atoms with Crippen LogP contribution in [0.4, 0.5) is 0 Å². The molecular weight excluding hydrogens is 312 g/mol. The molecular formula is C16H16N4O2S. The van der Waals surface area contributed by atoms with Crippen LogP contribution in [-0.4, -0.2) is 26.4 Å². The summed E-state index contributed by atoms with van der Waals surface area (Å²) >= 11 is 1.26. The normalized spacial score (nSPS) is 10.9. The molecule has 7 heteroatoms. The molecule has 2 heterocycles. The summed E-state index contributed by atoms with van der Waals surface area (Å²) in [5.41, 5.74) is 8.40. The van der Waals surface area contributed by atoms with Crippen molar-refractivity contribution < 1.29 is 9.21 Å². The molecule has 0 atom stereocenters. The molecule has 0 aliphatic heterocycles. The van der Waals surface area contributed by atoms with E-state index in [-0.39, 0.29) is 5.75 Å². The molecule has 6 nitrogen and oxygen atoms in total. The van der Waals surface area contributed by atoms with E-state index < -0.39 is 5.91 Å². The Labute approximate surface area is 137 Å². The predicted octanol–water partition coefficient (Wildman–Crippen LogP) is 2.72. The first kappa shape index (κ1) is 15.4. The van der Waals surface area contributed by atoms with Gasteiger partial charge >= 0.3 is 0 Å². The summed E-state index contributed by atoms with van der Waals surface area (Å²) in [4.78, 5) is 11.1. The van der Waals surface area contributed by atoms with E-state index in [1.807, 2.05) is 36.6 Å². The third-order valence-electron chi connectivity index (χ3n) is 3.32. The second-order valence-corrected chi connectivity index (χ2v) is 6.11. The molecule has 0 bridgehead atoms. The Morgan fingerprint density at radius 2 is 2.13 bits per heavy atom. The maximum atomic E-state index is 11.1. The van der Waals surface area contributed by atoms with Crippen LogP contribution in [-0.2, 0) is 4.79 Å². The van der Waals surface area contributed by atoms with Gasteiger partial charge in [-0.1, -0.05) is 23.9 Å². The summed E-state index contributed by atoms with van der Waals surface area (Å²) < 4.78 is 7.36. The number of rotatable bonds is 5. The van der Waals surface area contributed by atoms with Crippen molar-refractivity contribution in [2.45, 2.75) is 19.0 Å². The van der Waals surface area contributed by atoms with Crippen LogP contribution in [0.2, 0.25) is 0 Å². The Bertz CT molecular complexity index is 840. The second kappa shape index (κ2) is 6.29. The lowest BCUT2D eigenvalue weighted by Crippen LogP contribution is -2.14. The number of primary amides is 1. The van der Waals surface area contributed by atoms with Crippen LogP contribution in [0.25, 0.3) is 17.3 Å². The average molecular weight is 328 g/mol. The van der Waals surface area contributed by atoms with Gasteiger partial charge < -0.3 is 10.2 Å². The Morgan fingerprint density at radius 1 is 1.30 bits per heavy atom. The molecule has 118 valence electrons. The Morgan fingerprint density at radius 3 is 2.83 bits per heavy atom. The summed E-state index contributed by atoms with van der Waals surface area (Å²) in [5.74, 6) is 0.950. The number of hydrogen-bond acceptors (Lipinski definition) is 5. The number of benzene rings is 1. The Balaban J connectivity index is 2.16.